The summed E-state index contributed by atoms with van der Waals surface area (Å²) < 4.78 is 20.6. The minimum atomic E-state index is -0.808. The largest absolute Gasteiger partial charge is 0.484 e. The highest BCUT2D eigenvalue weighted by Gasteiger charge is 2.32. The predicted octanol–water partition coefficient (Wildman–Crippen LogP) is 5.86. The Kier molecular flexibility index (Phi) is 9.90. The number of hydrogen-bond donors (Lipinski definition) is 1. The summed E-state index contributed by atoms with van der Waals surface area (Å²) in [6, 6.07) is 22.9. The smallest absolute Gasteiger partial charge is 0.261 e. The van der Waals surface area contributed by atoms with Gasteiger partial charge in [0.15, 0.2) is 6.61 Å². The maximum atomic E-state index is 14.7. The third-order valence-electron chi connectivity index (χ3n) is 7.22. The van der Waals surface area contributed by atoms with Crippen LogP contribution in [0.2, 0.25) is 0 Å². The Morgan fingerprint density at radius 1 is 0.921 bits per heavy atom. The Labute approximate surface area is 225 Å². The number of hydrogen-bond acceptors (Lipinski definition) is 3. The zero-order chi connectivity index (χ0) is 26.7. The molecule has 0 radical (unpaired) electrons. The van der Waals surface area contributed by atoms with E-state index >= 15 is 0 Å². The molecule has 1 N–H and O–H groups in total. The van der Waals surface area contributed by atoms with Crippen molar-refractivity contribution >= 4 is 11.8 Å². The summed E-state index contributed by atoms with van der Waals surface area (Å²) in [6.07, 6.45) is 6.43. The molecule has 200 valence electrons. The second-order valence-corrected chi connectivity index (χ2v) is 9.95. The Morgan fingerprint density at radius 3 is 2.29 bits per heavy atom. The van der Waals surface area contributed by atoms with Gasteiger partial charge in [-0.25, -0.2) is 4.39 Å². The van der Waals surface area contributed by atoms with E-state index in [1.165, 1.54) is 23.0 Å². The summed E-state index contributed by atoms with van der Waals surface area (Å²) in [5.74, 6) is -0.412. The van der Waals surface area contributed by atoms with E-state index in [9.17, 15) is 14.0 Å². The highest BCUT2D eigenvalue weighted by Crippen LogP contribution is 2.21. The van der Waals surface area contributed by atoms with E-state index in [4.69, 9.17) is 4.74 Å². The summed E-state index contributed by atoms with van der Waals surface area (Å²) in [7, 11) is 0. The normalized spacial score (nSPS) is 14.5. The van der Waals surface area contributed by atoms with Crippen LogP contribution in [-0.2, 0) is 29.0 Å². The zero-order valence-corrected chi connectivity index (χ0v) is 22.1. The molecule has 0 heterocycles. The number of carbonyl (C=O) groups excluding carboxylic acids is 2. The fourth-order valence-electron chi connectivity index (χ4n) is 4.96. The Morgan fingerprint density at radius 2 is 1.61 bits per heavy atom. The maximum absolute atomic E-state index is 14.7. The van der Waals surface area contributed by atoms with Crippen LogP contribution < -0.4 is 10.1 Å². The summed E-state index contributed by atoms with van der Waals surface area (Å²) in [5, 5.41) is 3.19. The van der Waals surface area contributed by atoms with Gasteiger partial charge >= 0.3 is 0 Å². The summed E-state index contributed by atoms with van der Waals surface area (Å²) in [4.78, 5) is 28.9. The van der Waals surface area contributed by atoms with Crippen LogP contribution in [0.15, 0.2) is 78.9 Å². The van der Waals surface area contributed by atoms with Crippen molar-refractivity contribution in [3.8, 4) is 5.75 Å². The Balaban J connectivity index is 1.60. The first-order chi connectivity index (χ1) is 18.5. The summed E-state index contributed by atoms with van der Waals surface area (Å²) >= 11 is 0. The van der Waals surface area contributed by atoms with Gasteiger partial charge < -0.3 is 15.0 Å². The lowest BCUT2D eigenvalue weighted by Crippen LogP contribution is -2.53. The van der Waals surface area contributed by atoms with Crippen molar-refractivity contribution in [2.75, 3.05) is 6.61 Å². The number of amides is 2. The third-order valence-corrected chi connectivity index (χ3v) is 7.22. The first kappa shape index (κ1) is 27.4. The van der Waals surface area contributed by atoms with Gasteiger partial charge in [-0.3, -0.25) is 9.59 Å². The second-order valence-electron chi connectivity index (χ2n) is 9.95. The Hall–Kier alpha value is -3.67. The van der Waals surface area contributed by atoms with Crippen LogP contribution in [0.25, 0.3) is 0 Å². The maximum Gasteiger partial charge on any atom is 0.261 e. The molecule has 2 amide bonds. The molecule has 5 nitrogen and oxygen atoms in total. The lowest BCUT2D eigenvalue weighted by molar-refractivity contribution is -0.143. The molecular formula is C32H37FN2O3. The fourth-order valence-corrected chi connectivity index (χ4v) is 4.96. The van der Waals surface area contributed by atoms with Gasteiger partial charge in [-0.15, -0.1) is 0 Å². The van der Waals surface area contributed by atoms with Gasteiger partial charge in [-0.1, -0.05) is 86.8 Å². The fraction of sp³-hybridized carbons (Fsp3) is 0.375. The number of rotatable bonds is 11. The van der Waals surface area contributed by atoms with Gasteiger partial charge in [0.05, 0.1) is 0 Å². The summed E-state index contributed by atoms with van der Waals surface area (Å²) in [5.41, 5.74) is 2.46. The number of nitrogens with one attached hydrogen (secondary N) is 1. The molecule has 3 aromatic carbocycles. The Bertz CT molecular complexity index is 1180. The SMILES string of the molecule is CCc1ccc(OCC(=O)N(Cc2ccccc2F)[C@@H](Cc2ccccc2)C(=O)NC2CCCCC2)cc1. The first-order valence-electron chi connectivity index (χ1n) is 13.6. The van der Waals surface area contributed by atoms with Gasteiger partial charge in [0.1, 0.15) is 17.6 Å². The molecule has 3 aromatic rings. The molecule has 1 aliphatic carbocycles. The number of benzene rings is 3. The van der Waals surface area contributed by atoms with Crippen LogP contribution in [0.1, 0.15) is 55.7 Å². The van der Waals surface area contributed by atoms with Gasteiger partial charge in [0.25, 0.3) is 5.91 Å². The number of nitrogens with zero attached hydrogens (tertiary/aromatic N) is 1. The van der Waals surface area contributed by atoms with E-state index in [1.807, 2.05) is 54.6 Å². The second kappa shape index (κ2) is 13.8. The average molecular weight is 517 g/mol. The van der Waals surface area contributed by atoms with Gasteiger partial charge in [0.2, 0.25) is 5.91 Å². The van der Waals surface area contributed by atoms with E-state index in [2.05, 4.69) is 12.2 Å². The van der Waals surface area contributed by atoms with Gasteiger partial charge in [-0.2, -0.15) is 0 Å². The number of halogens is 1. The van der Waals surface area contributed by atoms with E-state index in [0.717, 1.165) is 37.7 Å². The van der Waals surface area contributed by atoms with Crippen molar-refractivity contribution in [2.45, 2.75) is 70.5 Å². The van der Waals surface area contributed by atoms with E-state index in [-0.39, 0.29) is 31.0 Å². The van der Waals surface area contributed by atoms with Crippen molar-refractivity contribution in [3.63, 3.8) is 0 Å². The molecule has 0 aliphatic heterocycles. The van der Waals surface area contributed by atoms with Crippen LogP contribution >= 0.6 is 0 Å². The van der Waals surface area contributed by atoms with Crippen molar-refractivity contribution in [1.29, 1.82) is 0 Å². The van der Waals surface area contributed by atoms with E-state index in [1.54, 1.807) is 18.2 Å². The lowest BCUT2D eigenvalue weighted by Gasteiger charge is -2.33. The highest BCUT2D eigenvalue weighted by molar-refractivity contribution is 5.88. The minimum Gasteiger partial charge on any atom is -0.484 e. The van der Waals surface area contributed by atoms with Crippen molar-refractivity contribution in [2.24, 2.45) is 0 Å². The van der Waals surface area contributed by atoms with Crippen LogP contribution in [-0.4, -0.2) is 35.4 Å². The molecule has 1 saturated carbocycles. The molecular weight excluding hydrogens is 479 g/mol. The van der Waals surface area contributed by atoms with Crippen LogP contribution in [0.4, 0.5) is 4.39 Å². The molecule has 1 fully saturated rings. The minimum absolute atomic E-state index is 0.0285. The standard InChI is InChI=1S/C32H37FN2O3/c1-2-24-17-19-28(20-18-24)38-23-31(36)35(22-26-13-9-10-16-29(26)33)30(21-25-11-5-3-6-12-25)32(37)34-27-14-7-4-8-15-27/h3,5-6,9-13,16-20,27,30H,2,4,7-8,14-15,21-23H2,1H3,(H,34,37)/t30-/m0/s1. The molecule has 0 spiro atoms. The number of aryl methyl sites for hydroxylation is 1. The molecule has 1 aliphatic rings. The van der Waals surface area contributed by atoms with Crippen LogP contribution in [0.3, 0.4) is 0 Å². The molecule has 6 heteroatoms. The molecule has 4 rings (SSSR count). The molecule has 38 heavy (non-hydrogen) atoms. The lowest BCUT2D eigenvalue weighted by atomic mass is 9.94. The van der Waals surface area contributed by atoms with Crippen LogP contribution in [0, 0.1) is 5.82 Å². The van der Waals surface area contributed by atoms with Crippen molar-refractivity contribution < 1.29 is 18.7 Å². The molecule has 1 atom stereocenters. The van der Waals surface area contributed by atoms with E-state index in [0.29, 0.717) is 17.7 Å². The van der Waals surface area contributed by atoms with Crippen molar-refractivity contribution in [1.82, 2.24) is 10.2 Å². The monoisotopic (exact) mass is 516 g/mol. The molecule has 0 bridgehead atoms. The average Bonchev–Trinajstić information content (AvgIpc) is 2.96. The topological polar surface area (TPSA) is 58.6 Å². The first-order valence-corrected chi connectivity index (χ1v) is 13.6. The van der Waals surface area contributed by atoms with Gasteiger partial charge in [-0.05, 0) is 48.6 Å². The molecule has 0 aromatic heterocycles. The highest BCUT2D eigenvalue weighted by atomic mass is 19.1. The zero-order valence-electron chi connectivity index (χ0n) is 22.1. The quantitative estimate of drug-likeness (QED) is 0.348. The predicted molar refractivity (Wildman–Crippen MR) is 147 cm³/mol. The number of ether oxygens (including phenoxy) is 1. The number of carbonyl (C=O) groups is 2. The molecule has 0 saturated heterocycles. The summed E-state index contributed by atoms with van der Waals surface area (Å²) in [6.45, 7) is 1.80. The molecule has 0 unspecified atom stereocenters. The van der Waals surface area contributed by atoms with Gasteiger partial charge in [0, 0.05) is 24.6 Å². The third kappa shape index (κ3) is 7.67. The van der Waals surface area contributed by atoms with Crippen molar-refractivity contribution in [3.05, 3.63) is 101 Å². The van der Waals surface area contributed by atoms with Crippen LogP contribution in [0.5, 0.6) is 5.75 Å². The van der Waals surface area contributed by atoms with E-state index < -0.39 is 11.9 Å².